The quantitative estimate of drug-likeness (QED) is 0.648. The van der Waals surface area contributed by atoms with Crippen molar-refractivity contribution in [3.05, 3.63) is 29.3 Å². The summed E-state index contributed by atoms with van der Waals surface area (Å²) in [5.41, 5.74) is 0.552. The summed E-state index contributed by atoms with van der Waals surface area (Å²) in [4.78, 5) is 29.7. The molecule has 5 atom stereocenters. The number of carbonyl (C=O) groups is 2. The second kappa shape index (κ2) is 11.6. The van der Waals surface area contributed by atoms with Crippen molar-refractivity contribution in [3.8, 4) is 11.8 Å². The highest BCUT2D eigenvalue weighted by Gasteiger charge is 2.34. The molecule has 3 rings (SSSR count). The Morgan fingerprint density at radius 1 is 1.06 bits per heavy atom. The van der Waals surface area contributed by atoms with Gasteiger partial charge in [0.25, 0.3) is 5.91 Å². The minimum absolute atomic E-state index is 0.0441. The second-order valence-corrected chi connectivity index (χ2v) is 9.05. The van der Waals surface area contributed by atoms with Crippen LogP contribution in [-0.4, -0.2) is 94.0 Å². The van der Waals surface area contributed by atoms with Crippen molar-refractivity contribution in [1.82, 2.24) is 9.80 Å². The number of carbonyl (C=O) groups excluding carboxylic acids is 2. The third-order valence-corrected chi connectivity index (χ3v) is 6.83. The lowest BCUT2D eigenvalue weighted by Crippen LogP contribution is -2.47. The molecule has 0 spiro atoms. The van der Waals surface area contributed by atoms with Crippen LogP contribution in [0.1, 0.15) is 42.1 Å². The zero-order valence-electron chi connectivity index (χ0n) is 20.7. The zero-order valence-corrected chi connectivity index (χ0v) is 20.7. The molecule has 1 fully saturated rings. The highest BCUT2D eigenvalue weighted by Crippen LogP contribution is 2.29. The lowest BCUT2D eigenvalue weighted by Gasteiger charge is -2.37. The monoisotopic (exact) mass is 473 g/mol. The Hall–Kier alpha value is -2.67. The second-order valence-electron chi connectivity index (χ2n) is 9.05. The first kappa shape index (κ1) is 25.9. The molecule has 0 saturated carbocycles. The molecular formula is C25H35N3O6. The number of benzene rings is 1. The number of para-hydroxylation sites is 1. The van der Waals surface area contributed by atoms with Crippen LogP contribution in [0, 0.1) is 17.2 Å². The van der Waals surface area contributed by atoms with Crippen LogP contribution in [0.4, 0.5) is 0 Å². The first-order valence-corrected chi connectivity index (χ1v) is 11.7. The number of amides is 2. The number of likely N-dealkylation sites (N-methyl/N-ethyl adjacent to an activating group) is 1. The molecule has 2 bridgehead atoms. The summed E-state index contributed by atoms with van der Waals surface area (Å²) in [5.74, 6) is -0.582. The van der Waals surface area contributed by atoms with E-state index in [1.807, 2.05) is 6.92 Å². The molecule has 2 aliphatic heterocycles. The van der Waals surface area contributed by atoms with Gasteiger partial charge in [0.05, 0.1) is 35.4 Å². The van der Waals surface area contributed by atoms with Gasteiger partial charge in [0.2, 0.25) is 5.91 Å². The largest absolute Gasteiger partial charge is 0.489 e. The normalized spacial score (nSPS) is 29.2. The van der Waals surface area contributed by atoms with Gasteiger partial charge in [-0.3, -0.25) is 9.59 Å². The van der Waals surface area contributed by atoms with Crippen molar-refractivity contribution in [3.63, 3.8) is 0 Å². The van der Waals surface area contributed by atoms with Gasteiger partial charge in [-0.25, -0.2) is 0 Å². The maximum atomic E-state index is 13.4. The van der Waals surface area contributed by atoms with E-state index in [-0.39, 0.29) is 60.2 Å². The zero-order chi connectivity index (χ0) is 24.8. The molecule has 0 radical (unpaired) electrons. The third kappa shape index (κ3) is 5.69. The van der Waals surface area contributed by atoms with Crippen LogP contribution in [0.15, 0.2) is 18.2 Å². The van der Waals surface area contributed by atoms with Crippen molar-refractivity contribution in [2.45, 2.75) is 50.6 Å². The number of nitrogens with zero attached hydrogens (tertiary/aromatic N) is 3. The number of hydrogen-bond donors (Lipinski definition) is 0. The number of methoxy groups -OCH3 is 2. The van der Waals surface area contributed by atoms with Crippen LogP contribution >= 0.6 is 0 Å². The van der Waals surface area contributed by atoms with Crippen LogP contribution in [0.25, 0.3) is 0 Å². The summed E-state index contributed by atoms with van der Waals surface area (Å²) in [5, 5.41) is 9.66. The van der Waals surface area contributed by atoms with Crippen LogP contribution in [-0.2, 0) is 19.0 Å². The van der Waals surface area contributed by atoms with E-state index in [9.17, 15) is 14.9 Å². The maximum Gasteiger partial charge on any atom is 0.257 e. The van der Waals surface area contributed by atoms with Crippen molar-refractivity contribution in [2.75, 3.05) is 48.0 Å². The minimum atomic E-state index is -0.488. The molecule has 34 heavy (non-hydrogen) atoms. The fourth-order valence-corrected chi connectivity index (χ4v) is 4.63. The van der Waals surface area contributed by atoms with E-state index in [4.69, 9.17) is 18.9 Å². The molecule has 1 saturated heterocycles. The van der Waals surface area contributed by atoms with Crippen LogP contribution < -0.4 is 4.74 Å². The number of fused-ring (bicyclic) bond motifs is 3. The predicted molar refractivity (Wildman–Crippen MR) is 125 cm³/mol. The molecule has 9 heteroatoms. The van der Waals surface area contributed by atoms with Crippen LogP contribution in [0.3, 0.4) is 0 Å². The van der Waals surface area contributed by atoms with Gasteiger partial charge in [0.1, 0.15) is 24.5 Å². The summed E-state index contributed by atoms with van der Waals surface area (Å²) >= 11 is 0. The van der Waals surface area contributed by atoms with Gasteiger partial charge in [-0.2, -0.15) is 5.26 Å². The number of hydrogen-bond acceptors (Lipinski definition) is 7. The lowest BCUT2D eigenvalue weighted by molar-refractivity contribution is -0.147. The molecule has 0 N–H and O–H groups in total. The average Bonchev–Trinajstić information content (AvgIpc) is 2.86. The molecule has 2 heterocycles. The van der Waals surface area contributed by atoms with Gasteiger partial charge in [0.15, 0.2) is 0 Å². The molecular weight excluding hydrogens is 438 g/mol. The van der Waals surface area contributed by atoms with Gasteiger partial charge in [-0.05, 0) is 31.4 Å². The summed E-state index contributed by atoms with van der Waals surface area (Å²) in [6.07, 6.45) is 1.25. The Kier molecular flexibility index (Phi) is 8.89. The van der Waals surface area contributed by atoms with Crippen molar-refractivity contribution in [2.24, 2.45) is 5.92 Å². The van der Waals surface area contributed by atoms with E-state index < -0.39 is 12.0 Å². The molecule has 0 aromatic heterocycles. The predicted octanol–water partition coefficient (Wildman–Crippen LogP) is 2.08. The Morgan fingerprint density at radius 2 is 1.79 bits per heavy atom. The summed E-state index contributed by atoms with van der Waals surface area (Å²) in [7, 11) is 6.61. The Balaban J connectivity index is 1.98. The summed E-state index contributed by atoms with van der Waals surface area (Å²) in [6.45, 7) is 2.72. The molecule has 9 nitrogen and oxygen atoms in total. The van der Waals surface area contributed by atoms with Crippen molar-refractivity contribution < 1.29 is 28.5 Å². The van der Waals surface area contributed by atoms with Gasteiger partial charge in [-0.15, -0.1) is 0 Å². The molecule has 0 aliphatic carbocycles. The van der Waals surface area contributed by atoms with E-state index in [1.54, 1.807) is 44.3 Å². The lowest BCUT2D eigenvalue weighted by atomic mass is 9.98. The van der Waals surface area contributed by atoms with E-state index in [1.165, 1.54) is 12.0 Å². The molecule has 1 aromatic rings. The Morgan fingerprint density at radius 3 is 2.47 bits per heavy atom. The van der Waals surface area contributed by atoms with Crippen LogP contribution in [0.2, 0.25) is 0 Å². The highest BCUT2D eigenvalue weighted by atomic mass is 16.6. The van der Waals surface area contributed by atoms with E-state index in [0.717, 1.165) is 12.8 Å². The molecule has 1 aromatic carbocycles. The topological polar surface area (TPSA) is 101 Å². The highest BCUT2D eigenvalue weighted by molar-refractivity contribution is 5.97. The molecule has 0 unspecified atom stereocenters. The first-order valence-electron chi connectivity index (χ1n) is 11.7. The van der Waals surface area contributed by atoms with Gasteiger partial charge in [0, 0.05) is 41.4 Å². The number of ether oxygens (including phenoxy) is 4. The van der Waals surface area contributed by atoms with Gasteiger partial charge < -0.3 is 28.7 Å². The number of nitriles is 1. The summed E-state index contributed by atoms with van der Waals surface area (Å²) in [6, 6.07) is 7.04. The Bertz CT molecular complexity index is 916. The molecule has 2 aliphatic rings. The first-order chi connectivity index (χ1) is 16.3. The Labute approximate surface area is 201 Å². The smallest absolute Gasteiger partial charge is 0.257 e. The minimum Gasteiger partial charge on any atom is -0.489 e. The SMILES string of the molecule is CO[C@H]1CC[C@@H]2CCN(C)C(=O)[C@H](C)[C@@H](OC)CN(C)C(=O)c3cccc(C#N)c3OC[C@H]1O2. The maximum absolute atomic E-state index is 13.4. The van der Waals surface area contributed by atoms with Crippen LogP contribution in [0.5, 0.6) is 5.75 Å². The summed E-state index contributed by atoms with van der Waals surface area (Å²) < 4.78 is 23.6. The number of rotatable bonds is 2. The van der Waals surface area contributed by atoms with E-state index >= 15 is 0 Å². The van der Waals surface area contributed by atoms with Crippen molar-refractivity contribution >= 4 is 11.8 Å². The van der Waals surface area contributed by atoms with Gasteiger partial charge in [-0.1, -0.05) is 13.0 Å². The fraction of sp³-hybridized carbons (Fsp3) is 0.640. The standard InChI is InChI=1S/C25H35N3O6/c1-16-21(32-5)14-28(3)25(30)19-8-6-7-17(13-26)23(19)33-15-22-20(31-4)10-9-18(34-22)11-12-27(2)24(16)29/h6-8,16,18,20-22H,9-12,14-15H2,1-5H3/t16-,18-,20+,21+,22-/m1/s1. The van der Waals surface area contributed by atoms with Gasteiger partial charge >= 0.3 is 0 Å². The van der Waals surface area contributed by atoms with E-state index in [2.05, 4.69) is 6.07 Å². The van der Waals surface area contributed by atoms with E-state index in [0.29, 0.717) is 13.0 Å². The molecule has 2 amide bonds. The fourth-order valence-electron chi connectivity index (χ4n) is 4.63. The average molecular weight is 474 g/mol. The van der Waals surface area contributed by atoms with Crippen molar-refractivity contribution in [1.29, 1.82) is 5.26 Å². The third-order valence-electron chi connectivity index (χ3n) is 6.83. The molecule has 186 valence electrons.